The molecule has 4 nitrogen and oxygen atoms in total. The molecule has 0 spiro atoms. The van der Waals surface area contributed by atoms with Gasteiger partial charge >= 0.3 is 5.97 Å². The van der Waals surface area contributed by atoms with E-state index in [0.29, 0.717) is 12.3 Å². The average molecular weight is 255 g/mol. The first-order valence-electron chi connectivity index (χ1n) is 6.95. The molecule has 0 bridgehead atoms. The average Bonchev–Trinajstić information content (AvgIpc) is 2.27. The highest BCUT2D eigenvalue weighted by Gasteiger charge is 2.30. The van der Waals surface area contributed by atoms with Gasteiger partial charge in [-0.2, -0.15) is 0 Å². The van der Waals surface area contributed by atoms with Gasteiger partial charge in [0.1, 0.15) is 6.04 Å². The molecule has 0 radical (unpaired) electrons. The summed E-state index contributed by atoms with van der Waals surface area (Å²) < 4.78 is 0. The Morgan fingerprint density at radius 3 is 2.39 bits per heavy atom. The summed E-state index contributed by atoms with van der Waals surface area (Å²) >= 11 is 0. The van der Waals surface area contributed by atoms with Gasteiger partial charge in [0.05, 0.1) is 0 Å². The van der Waals surface area contributed by atoms with Crippen LogP contribution < -0.4 is 5.32 Å². The number of nitrogens with one attached hydrogen (secondary N) is 1. The van der Waals surface area contributed by atoms with Crippen molar-refractivity contribution in [1.82, 2.24) is 5.32 Å². The zero-order valence-corrected chi connectivity index (χ0v) is 11.6. The van der Waals surface area contributed by atoms with Crippen LogP contribution in [0.5, 0.6) is 0 Å². The Balaban J connectivity index is 2.57. The number of hydrogen-bond acceptors (Lipinski definition) is 2. The van der Waals surface area contributed by atoms with Gasteiger partial charge in [-0.3, -0.25) is 4.79 Å². The molecule has 1 aliphatic rings. The summed E-state index contributed by atoms with van der Waals surface area (Å²) in [6.07, 6.45) is 4.70. The monoisotopic (exact) mass is 255 g/mol. The Morgan fingerprint density at radius 1 is 1.28 bits per heavy atom. The lowest BCUT2D eigenvalue weighted by Crippen LogP contribution is -2.46. The van der Waals surface area contributed by atoms with Gasteiger partial charge in [-0.25, -0.2) is 4.79 Å². The highest BCUT2D eigenvalue weighted by atomic mass is 16.4. The molecule has 3 atom stereocenters. The van der Waals surface area contributed by atoms with Gasteiger partial charge in [0.25, 0.3) is 0 Å². The van der Waals surface area contributed by atoms with Gasteiger partial charge in [-0.05, 0) is 31.1 Å². The molecular weight excluding hydrogens is 230 g/mol. The molecule has 2 N–H and O–H groups in total. The quantitative estimate of drug-likeness (QED) is 0.793. The van der Waals surface area contributed by atoms with E-state index in [4.69, 9.17) is 5.11 Å². The molecule has 0 saturated heterocycles. The van der Waals surface area contributed by atoms with Crippen LogP contribution in [-0.2, 0) is 9.59 Å². The van der Waals surface area contributed by atoms with E-state index in [-0.39, 0.29) is 17.7 Å². The summed E-state index contributed by atoms with van der Waals surface area (Å²) in [5, 5.41) is 11.8. The molecule has 1 aliphatic carbocycles. The van der Waals surface area contributed by atoms with Crippen LogP contribution in [0.1, 0.15) is 52.9 Å². The van der Waals surface area contributed by atoms with E-state index in [2.05, 4.69) is 12.2 Å². The van der Waals surface area contributed by atoms with Gasteiger partial charge in [-0.15, -0.1) is 0 Å². The first-order chi connectivity index (χ1) is 8.41. The maximum Gasteiger partial charge on any atom is 0.326 e. The Morgan fingerprint density at radius 2 is 1.89 bits per heavy atom. The third-order valence-corrected chi connectivity index (χ3v) is 3.77. The Kier molecular flexibility index (Phi) is 5.63. The normalized spacial score (nSPS) is 25.8. The minimum absolute atomic E-state index is 0.00670. The van der Waals surface area contributed by atoms with Crippen molar-refractivity contribution in [1.29, 1.82) is 0 Å². The molecule has 104 valence electrons. The van der Waals surface area contributed by atoms with E-state index < -0.39 is 12.0 Å². The predicted molar refractivity (Wildman–Crippen MR) is 70.1 cm³/mol. The van der Waals surface area contributed by atoms with Crippen LogP contribution in [0.4, 0.5) is 0 Å². The fourth-order valence-electron chi connectivity index (χ4n) is 2.68. The van der Waals surface area contributed by atoms with Crippen molar-refractivity contribution in [2.75, 3.05) is 0 Å². The smallest absolute Gasteiger partial charge is 0.326 e. The predicted octanol–water partition coefficient (Wildman–Crippen LogP) is 2.43. The Labute approximate surface area is 109 Å². The standard InChI is InChI=1S/C14H25NO3/c1-9(2)8-12(14(17)18)15-13(16)11-7-5-4-6-10(11)3/h9-12H,4-8H2,1-3H3,(H,15,16)(H,17,18). The second-order valence-corrected chi connectivity index (χ2v) is 5.90. The van der Waals surface area contributed by atoms with Crippen LogP contribution in [0.25, 0.3) is 0 Å². The minimum Gasteiger partial charge on any atom is -0.480 e. The van der Waals surface area contributed by atoms with Crippen LogP contribution in [0.3, 0.4) is 0 Å². The molecule has 3 unspecified atom stereocenters. The number of rotatable bonds is 5. The van der Waals surface area contributed by atoms with E-state index in [0.717, 1.165) is 19.3 Å². The van der Waals surface area contributed by atoms with Crippen LogP contribution in [0.15, 0.2) is 0 Å². The van der Waals surface area contributed by atoms with Crippen molar-refractivity contribution in [3.63, 3.8) is 0 Å². The molecule has 0 aliphatic heterocycles. The number of amides is 1. The summed E-state index contributed by atoms with van der Waals surface area (Å²) in [6, 6.07) is -0.744. The van der Waals surface area contributed by atoms with Crippen molar-refractivity contribution < 1.29 is 14.7 Å². The molecule has 4 heteroatoms. The lowest BCUT2D eigenvalue weighted by Gasteiger charge is -2.29. The van der Waals surface area contributed by atoms with Crippen LogP contribution in [-0.4, -0.2) is 23.0 Å². The number of carbonyl (C=O) groups is 2. The molecule has 0 aromatic rings. The number of carbonyl (C=O) groups excluding carboxylic acids is 1. The zero-order valence-electron chi connectivity index (χ0n) is 11.6. The summed E-state index contributed by atoms with van der Waals surface area (Å²) in [5.41, 5.74) is 0. The van der Waals surface area contributed by atoms with Crippen molar-refractivity contribution in [2.24, 2.45) is 17.8 Å². The van der Waals surface area contributed by atoms with Crippen molar-refractivity contribution >= 4 is 11.9 Å². The highest BCUT2D eigenvalue weighted by Crippen LogP contribution is 2.29. The van der Waals surface area contributed by atoms with E-state index >= 15 is 0 Å². The highest BCUT2D eigenvalue weighted by molar-refractivity contribution is 5.85. The molecule has 0 aromatic heterocycles. The van der Waals surface area contributed by atoms with Crippen molar-refractivity contribution in [2.45, 2.75) is 58.9 Å². The first kappa shape index (κ1) is 15.0. The second kappa shape index (κ2) is 6.76. The molecule has 1 rings (SSSR count). The number of carboxylic acids is 1. The molecule has 0 aromatic carbocycles. The van der Waals surface area contributed by atoms with E-state index in [1.807, 2.05) is 13.8 Å². The number of aliphatic carboxylic acids is 1. The maximum absolute atomic E-state index is 12.1. The van der Waals surface area contributed by atoms with E-state index in [9.17, 15) is 9.59 Å². The molecule has 1 fully saturated rings. The minimum atomic E-state index is -0.930. The fraction of sp³-hybridized carbons (Fsp3) is 0.857. The van der Waals surface area contributed by atoms with Gasteiger partial charge in [0, 0.05) is 5.92 Å². The third-order valence-electron chi connectivity index (χ3n) is 3.77. The third kappa shape index (κ3) is 4.31. The van der Waals surface area contributed by atoms with Crippen LogP contribution in [0, 0.1) is 17.8 Å². The number of hydrogen-bond donors (Lipinski definition) is 2. The zero-order chi connectivity index (χ0) is 13.7. The van der Waals surface area contributed by atoms with Crippen LogP contribution >= 0.6 is 0 Å². The first-order valence-corrected chi connectivity index (χ1v) is 6.95. The van der Waals surface area contributed by atoms with Crippen LogP contribution in [0.2, 0.25) is 0 Å². The lowest BCUT2D eigenvalue weighted by atomic mass is 9.80. The molecule has 1 amide bonds. The summed E-state index contributed by atoms with van der Waals surface area (Å²) in [7, 11) is 0. The Bertz CT molecular complexity index is 301. The lowest BCUT2D eigenvalue weighted by molar-refractivity contribution is -0.143. The fourth-order valence-corrected chi connectivity index (χ4v) is 2.68. The molecular formula is C14H25NO3. The van der Waals surface area contributed by atoms with Gasteiger partial charge in [0.15, 0.2) is 0 Å². The maximum atomic E-state index is 12.1. The van der Waals surface area contributed by atoms with Crippen molar-refractivity contribution in [3.05, 3.63) is 0 Å². The topological polar surface area (TPSA) is 66.4 Å². The van der Waals surface area contributed by atoms with Gasteiger partial charge in [0.2, 0.25) is 5.91 Å². The van der Waals surface area contributed by atoms with E-state index in [1.165, 1.54) is 6.42 Å². The summed E-state index contributed by atoms with van der Waals surface area (Å²) in [4.78, 5) is 23.3. The summed E-state index contributed by atoms with van der Waals surface area (Å²) in [6.45, 7) is 6.01. The second-order valence-electron chi connectivity index (χ2n) is 5.90. The Hall–Kier alpha value is -1.06. The number of carboxylic acid groups (broad SMARTS) is 1. The molecule has 0 heterocycles. The summed E-state index contributed by atoms with van der Waals surface area (Å²) in [5.74, 6) is -0.383. The molecule has 18 heavy (non-hydrogen) atoms. The van der Waals surface area contributed by atoms with Crippen molar-refractivity contribution in [3.8, 4) is 0 Å². The van der Waals surface area contributed by atoms with E-state index in [1.54, 1.807) is 0 Å². The SMILES string of the molecule is CC(C)CC(NC(=O)C1CCCCC1C)C(=O)O. The molecule has 1 saturated carbocycles. The largest absolute Gasteiger partial charge is 0.480 e. The van der Waals surface area contributed by atoms with Gasteiger partial charge in [-0.1, -0.05) is 33.6 Å². The van der Waals surface area contributed by atoms with Gasteiger partial charge < -0.3 is 10.4 Å².